The van der Waals surface area contributed by atoms with Gasteiger partial charge in [0.1, 0.15) is 17.1 Å². The minimum Gasteiger partial charge on any atom is -0.481 e. The lowest BCUT2D eigenvalue weighted by Crippen LogP contribution is -2.44. The van der Waals surface area contributed by atoms with Crippen LogP contribution in [0, 0.1) is 16.6 Å². The highest BCUT2D eigenvalue weighted by atomic mass is 79.9. The first-order chi connectivity index (χ1) is 11.0. The van der Waals surface area contributed by atoms with Gasteiger partial charge >= 0.3 is 5.97 Å². The summed E-state index contributed by atoms with van der Waals surface area (Å²) in [6.07, 6.45) is 1.86. The molecule has 1 aromatic rings. The molecule has 23 heavy (non-hydrogen) atoms. The molecule has 5 N–H and O–H groups in total. The van der Waals surface area contributed by atoms with Gasteiger partial charge in [0.25, 0.3) is 0 Å². The number of hydrogen-bond acceptors (Lipinski definition) is 5. The second kappa shape index (κ2) is 5.93. The summed E-state index contributed by atoms with van der Waals surface area (Å²) in [6.45, 7) is 1.14. The van der Waals surface area contributed by atoms with Crippen molar-refractivity contribution in [3.63, 3.8) is 0 Å². The standard InChI is InChI=1S/C15H16BrFN4O2/c16-10-5-8(17)6-11-12(10)21-13(20-11)9(7-18)15(14(22)23)1-3-19-4-2-15/h5-7,18-21H,1-4H2,(H,22,23)/b13-9+,18-7?. The highest BCUT2D eigenvalue weighted by Gasteiger charge is 2.45. The first kappa shape index (κ1) is 15.9. The van der Waals surface area contributed by atoms with Gasteiger partial charge in [-0.1, -0.05) is 0 Å². The van der Waals surface area contributed by atoms with Gasteiger partial charge in [0, 0.05) is 16.3 Å². The molecule has 0 spiro atoms. The quantitative estimate of drug-likeness (QED) is 0.518. The van der Waals surface area contributed by atoms with E-state index in [4.69, 9.17) is 5.41 Å². The molecule has 0 aliphatic carbocycles. The van der Waals surface area contributed by atoms with Crippen molar-refractivity contribution in [2.75, 3.05) is 23.7 Å². The van der Waals surface area contributed by atoms with Crippen LogP contribution in [-0.2, 0) is 4.79 Å². The van der Waals surface area contributed by atoms with E-state index in [9.17, 15) is 14.3 Å². The number of fused-ring (bicyclic) bond motifs is 1. The van der Waals surface area contributed by atoms with E-state index < -0.39 is 17.2 Å². The molecule has 0 unspecified atom stereocenters. The number of carboxylic acids is 1. The molecule has 8 heteroatoms. The maximum absolute atomic E-state index is 13.5. The molecule has 0 amide bonds. The lowest BCUT2D eigenvalue weighted by atomic mass is 9.73. The number of halogens is 2. The number of carboxylic acid groups (broad SMARTS) is 1. The van der Waals surface area contributed by atoms with Crippen LogP contribution in [0.3, 0.4) is 0 Å². The third-order valence-electron chi connectivity index (χ3n) is 4.36. The molecule has 122 valence electrons. The zero-order valence-corrected chi connectivity index (χ0v) is 13.8. The van der Waals surface area contributed by atoms with E-state index in [1.807, 2.05) is 0 Å². The normalized spacial score (nSPS) is 21.0. The van der Waals surface area contributed by atoms with Crippen molar-refractivity contribution in [3.8, 4) is 0 Å². The fourth-order valence-electron chi connectivity index (χ4n) is 3.13. The first-order valence-electron chi connectivity index (χ1n) is 7.20. The van der Waals surface area contributed by atoms with Crippen molar-refractivity contribution in [3.05, 3.63) is 33.8 Å². The van der Waals surface area contributed by atoms with E-state index in [0.717, 1.165) is 6.21 Å². The Kier molecular flexibility index (Phi) is 4.11. The monoisotopic (exact) mass is 382 g/mol. The minimum absolute atomic E-state index is 0.370. The van der Waals surface area contributed by atoms with Crippen LogP contribution in [-0.4, -0.2) is 30.4 Å². The van der Waals surface area contributed by atoms with Gasteiger partial charge in [-0.3, -0.25) is 4.79 Å². The number of piperidine rings is 1. The van der Waals surface area contributed by atoms with Crippen molar-refractivity contribution in [1.29, 1.82) is 5.41 Å². The molecular formula is C15H16BrFN4O2. The van der Waals surface area contributed by atoms with Crippen molar-refractivity contribution in [2.24, 2.45) is 5.41 Å². The molecule has 0 aromatic heterocycles. The van der Waals surface area contributed by atoms with E-state index in [0.29, 0.717) is 53.2 Å². The Balaban J connectivity index is 2.07. The number of hydrogen-bond donors (Lipinski definition) is 5. The van der Waals surface area contributed by atoms with Crippen molar-refractivity contribution < 1.29 is 14.3 Å². The average molecular weight is 383 g/mol. The predicted molar refractivity (Wildman–Crippen MR) is 89.3 cm³/mol. The van der Waals surface area contributed by atoms with Crippen LogP contribution in [0.25, 0.3) is 0 Å². The van der Waals surface area contributed by atoms with Crippen LogP contribution in [0.2, 0.25) is 0 Å². The summed E-state index contributed by atoms with van der Waals surface area (Å²) in [6, 6.07) is 2.66. The third-order valence-corrected chi connectivity index (χ3v) is 4.99. The van der Waals surface area contributed by atoms with E-state index in [1.165, 1.54) is 12.1 Å². The highest BCUT2D eigenvalue weighted by Crippen LogP contribution is 2.43. The van der Waals surface area contributed by atoms with Crippen LogP contribution in [0.5, 0.6) is 0 Å². The number of carbonyl (C=O) groups is 1. The van der Waals surface area contributed by atoms with Gasteiger partial charge in [0.05, 0.1) is 11.4 Å². The Morgan fingerprint density at radius 3 is 2.65 bits per heavy atom. The Morgan fingerprint density at radius 2 is 2.04 bits per heavy atom. The van der Waals surface area contributed by atoms with Gasteiger partial charge in [-0.25, -0.2) is 4.39 Å². The van der Waals surface area contributed by atoms with Gasteiger partial charge < -0.3 is 26.5 Å². The fourth-order valence-corrected chi connectivity index (χ4v) is 3.66. The largest absolute Gasteiger partial charge is 0.481 e. The SMILES string of the molecule is N=C/C(=C1/Nc2cc(F)cc(Br)c2N1)C1(C(=O)O)CCNCC1. The molecule has 2 aliphatic rings. The van der Waals surface area contributed by atoms with Crippen molar-refractivity contribution in [2.45, 2.75) is 12.8 Å². The second-order valence-electron chi connectivity index (χ2n) is 5.63. The first-order valence-corrected chi connectivity index (χ1v) is 7.99. The number of benzene rings is 1. The van der Waals surface area contributed by atoms with Gasteiger partial charge in [-0.05, 0) is 54.0 Å². The van der Waals surface area contributed by atoms with Crippen LogP contribution < -0.4 is 16.0 Å². The molecule has 1 fully saturated rings. The van der Waals surface area contributed by atoms with E-state index in [2.05, 4.69) is 31.9 Å². The van der Waals surface area contributed by atoms with Crippen LogP contribution in [0.4, 0.5) is 15.8 Å². The lowest BCUT2D eigenvalue weighted by Gasteiger charge is -2.35. The second-order valence-corrected chi connectivity index (χ2v) is 6.48. The summed E-state index contributed by atoms with van der Waals surface area (Å²) in [5.74, 6) is -0.933. The number of nitrogens with one attached hydrogen (secondary N) is 4. The Morgan fingerprint density at radius 1 is 1.35 bits per heavy atom. The maximum Gasteiger partial charge on any atom is 0.314 e. The minimum atomic E-state index is -1.13. The predicted octanol–water partition coefficient (Wildman–Crippen LogP) is 2.74. The summed E-state index contributed by atoms with van der Waals surface area (Å²) in [5.41, 5.74) is 0.390. The Labute approximate surface area is 140 Å². The smallest absolute Gasteiger partial charge is 0.314 e. The fraction of sp³-hybridized carbons (Fsp3) is 0.333. The van der Waals surface area contributed by atoms with Crippen LogP contribution >= 0.6 is 15.9 Å². The molecule has 2 aliphatic heterocycles. The molecule has 6 nitrogen and oxygen atoms in total. The summed E-state index contributed by atoms with van der Waals surface area (Å²) in [5, 5.41) is 26.8. The highest BCUT2D eigenvalue weighted by molar-refractivity contribution is 9.10. The molecule has 0 radical (unpaired) electrons. The zero-order chi connectivity index (χ0) is 16.6. The molecule has 3 rings (SSSR count). The van der Waals surface area contributed by atoms with Gasteiger partial charge in [0.15, 0.2) is 0 Å². The van der Waals surface area contributed by atoms with Gasteiger partial charge in [-0.15, -0.1) is 0 Å². The van der Waals surface area contributed by atoms with Crippen molar-refractivity contribution in [1.82, 2.24) is 5.32 Å². The summed E-state index contributed by atoms with van der Waals surface area (Å²) >= 11 is 3.29. The summed E-state index contributed by atoms with van der Waals surface area (Å²) < 4.78 is 14.1. The van der Waals surface area contributed by atoms with Gasteiger partial charge in [-0.2, -0.15) is 0 Å². The van der Waals surface area contributed by atoms with E-state index in [-0.39, 0.29) is 0 Å². The average Bonchev–Trinajstić information content (AvgIpc) is 2.92. The summed E-state index contributed by atoms with van der Waals surface area (Å²) in [4.78, 5) is 11.9. The molecule has 0 bridgehead atoms. The lowest BCUT2D eigenvalue weighted by molar-refractivity contribution is -0.147. The van der Waals surface area contributed by atoms with E-state index >= 15 is 0 Å². The van der Waals surface area contributed by atoms with E-state index in [1.54, 1.807) is 0 Å². The molecular weight excluding hydrogens is 367 g/mol. The van der Waals surface area contributed by atoms with Gasteiger partial charge in [0.2, 0.25) is 0 Å². The zero-order valence-electron chi connectivity index (χ0n) is 12.2. The Bertz CT molecular complexity index is 714. The topological polar surface area (TPSA) is 97.2 Å². The molecule has 1 aromatic carbocycles. The Hall–Kier alpha value is -1.93. The molecule has 0 atom stereocenters. The molecule has 0 saturated carbocycles. The van der Waals surface area contributed by atoms with Crippen molar-refractivity contribution >= 4 is 39.5 Å². The number of anilines is 2. The number of rotatable bonds is 3. The molecule has 1 saturated heterocycles. The number of aliphatic carboxylic acids is 1. The summed E-state index contributed by atoms with van der Waals surface area (Å²) in [7, 11) is 0. The van der Waals surface area contributed by atoms with Crippen LogP contribution in [0.1, 0.15) is 12.8 Å². The maximum atomic E-state index is 13.5. The van der Waals surface area contributed by atoms with Crippen LogP contribution in [0.15, 0.2) is 28.0 Å². The third kappa shape index (κ3) is 2.61. The molecule has 2 heterocycles.